The van der Waals surface area contributed by atoms with Gasteiger partial charge in [0.15, 0.2) is 0 Å². The lowest BCUT2D eigenvalue weighted by atomic mass is 9.99. The van der Waals surface area contributed by atoms with Gasteiger partial charge in [-0.1, -0.05) is 25.5 Å². The van der Waals surface area contributed by atoms with Gasteiger partial charge >= 0.3 is 0 Å². The summed E-state index contributed by atoms with van der Waals surface area (Å²) in [5.41, 5.74) is 7.55. The average Bonchev–Trinajstić information content (AvgIpc) is 2.95. The molecule has 2 aromatic carbocycles. The van der Waals surface area contributed by atoms with Gasteiger partial charge in [-0.25, -0.2) is 12.7 Å². The number of sulfonamides is 1. The SMILES string of the molecule is C[C@H]1CN([C@@H](C)CO)C(=O)c2cc(NC(=O)CCCCCC(=O)Nc3ccccc3N)ccc2O[C@@H]1CN(C)S(C)(=O)=O. The van der Waals surface area contributed by atoms with Crippen LogP contribution in [0.1, 0.15) is 56.3 Å². The third-order valence-electron chi connectivity index (χ3n) is 7.49. The minimum atomic E-state index is -3.46. The standard InChI is InChI=1S/C30H43N5O7S/c1-20-17-35(21(2)19-36)30(39)23-16-22(14-15-26(23)42-27(20)18-34(3)43(4,40)41)32-28(37)12-6-5-7-13-29(38)33-25-11-9-8-10-24(25)31/h8-11,14-16,20-21,27,36H,5-7,12-13,17-19,31H2,1-4H3,(H,32,37)(H,33,38)/t20-,21-,27+/m0/s1. The van der Waals surface area contributed by atoms with Crippen molar-refractivity contribution in [2.45, 2.75) is 58.1 Å². The summed E-state index contributed by atoms with van der Waals surface area (Å²) in [6.45, 7) is 3.68. The zero-order valence-corrected chi connectivity index (χ0v) is 26.0. The first kappa shape index (κ1) is 33.8. The molecule has 0 spiro atoms. The number of rotatable bonds is 13. The smallest absolute Gasteiger partial charge is 0.258 e. The molecule has 2 aromatic rings. The number of ether oxygens (including phenoxy) is 1. The zero-order chi connectivity index (χ0) is 31.7. The van der Waals surface area contributed by atoms with E-state index in [9.17, 15) is 27.9 Å². The number of carbonyl (C=O) groups is 3. The second-order valence-electron chi connectivity index (χ2n) is 11.1. The Morgan fingerprint density at radius 2 is 1.77 bits per heavy atom. The van der Waals surface area contributed by atoms with Crippen molar-refractivity contribution >= 4 is 44.8 Å². The van der Waals surface area contributed by atoms with Gasteiger partial charge in [0.05, 0.1) is 42.4 Å². The van der Waals surface area contributed by atoms with Crippen LogP contribution in [-0.2, 0) is 19.6 Å². The minimum Gasteiger partial charge on any atom is -0.488 e. The van der Waals surface area contributed by atoms with E-state index in [1.54, 1.807) is 54.3 Å². The molecule has 0 unspecified atom stereocenters. The van der Waals surface area contributed by atoms with Gasteiger partial charge in [0.2, 0.25) is 21.8 Å². The lowest BCUT2D eigenvalue weighted by molar-refractivity contribution is -0.116. The van der Waals surface area contributed by atoms with Crippen LogP contribution >= 0.6 is 0 Å². The molecule has 236 valence electrons. The fourth-order valence-corrected chi connectivity index (χ4v) is 5.12. The fraction of sp³-hybridized carbons (Fsp3) is 0.500. The first-order valence-electron chi connectivity index (χ1n) is 14.4. The van der Waals surface area contributed by atoms with E-state index < -0.39 is 22.2 Å². The summed E-state index contributed by atoms with van der Waals surface area (Å²) >= 11 is 0. The van der Waals surface area contributed by atoms with E-state index in [0.717, 1.165) is 6.26 Å². The maximum Gasteiger partial charge on any atom is 0.258 e. The Morgan fingerprint density at radius 3 is 2.40 bits per heavy atom. The highest BCUT2D eigenvalue weighted by Crippen LogP contribution is 2.31. The summed E-state index contributed by atoms with van der Waals surface area (Å²) in [5, 5.41) is 15.4. The molecule has 0 saturated heterocycles. The number of fused-ring (bicyclic) bond motifs is 1. The van der Waals surface area contributed by atoms with Crippen molar-refractivity contribution in [3.8, 4) is 5.75 Å². The molecule has 5 N–H and O–H groups in total. The van der Waals surface area contributed by atoms with Crippen LogP contribution in [-0.4, -0.2) is 85.6 Å². The quantitative estimate of drug-likeness (QED) is 0.196. The monoisotopic (exact) mass is 617 g/mol. The van der Waals surface area contributed by atoms with E-state index in [2.05, 4.69) is 10.6 Å². The largest absolute Gasteiger partial charge is 0.488 e. The molecule has 0 radical (unpaired) electrons. The molecule has 3 atom stereocenters. The second kappa shape index (κ2) is 15.2. The number of aliphatic hydroxyl groups is 1. The molecule has 0 fully saturated rings. The molecule has 3 rings (SSSR count). The predicted octanol–water partition coefficient (Wildman–Crippen LogP) is 2.91. The number of nitrogens with two attached hydrogens (primary N) is 1. The van der Waals surface area contributed by atoms with Gasteiger partial charge in [0.1, 0.15) is 11.9 Å². The molecule has 13 heteroatoms. The van der Waals surface area contributed by atoms with Gasteiger partial charge in [0.25, 0.3) is 5.91 Å². The maximum atomic E-state index is 13.6. The molecule has 0 aliphatic carbocycles. The third kappa shape index (κ3) is 9.66. The highest BCUT2D eigenvalue weighted by Gasteiger charge is 2.34. The number of nitrogen functional groups attached to an aromatic ring is 1. The Hall–Kier alpha value is -3.68. The molecule has 0 saturated carbocycles. The van der Waals surface area contributed by atoms with E-state index in [4.69, 9.17) is 10.5 Å². The van der Waals surface area contributed by atoms with Crippen molar-refractivity contribution in [1.29, 1.82) is 0 Å². The number of hydrogen-bond acceptors (Lipinski definition) is 8. The number of para-hydroxylation sites is 2. The topological polar surface area (TPSA) is 171 Å². The van der Waals surface area contributed by atoms with E-state index in [0.29, 0.717) is 42.7 Å². The summed E-state index contributed by atoms with van der Waals surface area (Å²) in [5.74, 6) is -0.698. The predicted molar refractivity (Wildman–Crippen MR) is 166 cm³/mol. The Morgan fingerprint density at radius 1 is 1.12 bits per heavy atom. The van der Waals surface area contributed by atoms with Crippen molar-refractivity contribution in [3.05, 3.63) is 48.0 Å². The normalized spacial score (nSPS) is 17.8. The third-order valence-corrected chi connectivity index (χ3v) is 8.78. The average molecular weight is 618 g/mol. The van der Waals surface area contributed by atoms with Crippen LogP contribution < -0.4 is 21.1 Å². The number of benzene rings is 2. The number of aliphatic hydroxyl groups excluding tert-OH is 1. The van der Waals surface area contributed by atoms with Crippen LogP contribution in [0, 0.1) is 5.92 Å². The molecule has 3 amide bonds. The van der Waals surface area contributed by atoms with Crippen molar-refractivity contribution in [3.63, 3.8) is 0 Å². The van der Waals surface area contributed by atoms with Gasteiger partial charge in [-0.2, -0.15) is 0 Å². The summed E-state index contributed by atoms with van der Waals surface area (Å²) in [6.07, 6.45) is 2.97. The molecular formula is C30H43N5O7S. The fourth-order valence-electron chi connectivity index (χ4n) is 4.70. The summed E-state index contributed by atoms with van der Waals surface area (Å²) in [4.78, 5) is 40.0. The van der Waals surface area contributed by atoms with Gasteiger partial charge in [-0.05, 0) is 50.1 Å². The number of anilines is 3. The van der Waals surface area contributed by atoms with Crippen LogP contribution in [0.3, 0.4) is 0 Å². The molecule has 0 aromatic heterocycles. The Bertz CT molecular complexity index is 1400. The highest BCUT2D eigenvalue weighted by molar-refractivity contribution is 7.88. The molecule has 12 nitrogen and oxygen atoms in total. The van der Waals surface area contributed by atoms with E-state index in [1.807, 2.05) is 6.92 Å². The number of carbonyl (C=O) groups excluding carboxylic acids is 3. The van der Waals surface area contributed by atoms with Crippen LogP contribution in [0.2, 0.25) is 0 Å². The Labute approximate surface area is 253 Å². The van der Waals surface area contributed by atoms with E-state index >= 15 is 0 Å². The van der Waals surface area contributed by atoms with Crippen LogP contribution in [0.15, 0.2) is 42.5 Å². The number of nitrogens with zero attached hydrogens (tertiary/aromatic N) is 2. The molecule has 1 aliphatic heterocycles. The van der Waals surface area contributed by atoms with Gasteiger partial charge in [-0.3, -0.25) is 14.4 Å². The second-order valence-corrected chi connectivity index (χ2v) is 13.2. The molecule has 0 bridgehead atoms. The van der Waals surface area contributed by atoms with Crippen molar-refractivity contribution in [2.24, 2.45) is 5.92 Å². The van der Waals surface area contributed by atoms with Crippen LogP contribution in [0.4, 0.5) is 17.1 Å². The van der Waals surface area contributed by atoms with Crippen LogP contribution in [0.5, 0.6) is 5.75 Å². The Balaban J connectivity index is 1.62. The molecular weight excluding hydrogens is 574 g/mol. The summed E-state index contributed by atoms with van der Waals surface area (Å²) in [7, 11) is -1.99. The zero-order valence-electron chi connectivity index (χ0n) is 25.2. The van der Waals surface area contributed by atoms with E-state index in [-0.39, 0.29) is 61.1 Å². The van der Waals surface area contributed by atoms with Gasteiger partial charge in [-0.15, -0.1) is 0 Å². The van der Waals surface area contributed by atoms with Crippen molar-refractivity contribution in [1.82, 2.24) is 9.21 Å². The maximum absolute atomic E-state index is 13.6. The first-order valence-corrected chi connectivity index (χ1v) is 16.2. The Kier molecular flexibility index (Phi) is 11.9. The van der Waals surface area contributed by atoms with Crippen LogP contribution in [0.25, 0.3) is 0 Å². The minimum absolute atomic E-state index is 0.0788. The summed E-state index contributed by atoms with van der Waals surface area (Å²) < 4.78 is 31.5. The number of unbranched alkanes of at least 4 members (excludes halogenated alkanes) is 2. The molecule has 1 heterocycles. The molecule has 1 aliphatic rings. The van der Waals surface area contributed by atoms with E-state index in [1.165, 1.54) is 11.4 Å². The lowest BCUT2D eigenvalue weighted by Crippen LogP contribution is -2.50. The number of amides is 3. The lowest BCUT2D eigenvalue weighted by Gasteiger charge is -2.38. The van der Waals surface area contributed by atoms with Gasteiger partial charge < -0.3 is 31.1 Å². The first-order chi connectivity index (χ1) is 20.3. The number of likely N-dealkylation sites (N-methyl/N-ethyl adjacent to an activating group) is 1. The van der Waals surface area contributed by atoms with Gasteiger partial charge in [0, 0.05) is 38.0 Å². The molecule has 43 heavy (non-hydrogen) atoms. The van der Waals surface area contributed by atoms with Crippen molar-refractivity contribution in [2.75, 3.05) is 49.4 Å². The number of nitrogens with one attached hydrogen (secondary N) is 2. The van der Waals surface area contributed by atoms with Crippen molar-refractivity contribution < 1.29 is 32.6 Å². The number of hydrogen-bond donors (Lipinski definition) is 4. The highest BCUT2D eigenvalue weighted by atomic mass is 32.2. The summed E-state index contributed by atoms with van der Waals surface area (Å²) in [6, 6.07) is 11.3.